The number of anilines is 1. The molecule has 3 rings (SSSR count). The summed E-state index contributed by atoms with van der Waals surface area (Å²) in [4.78, 5) is 16.5. The van der Waals surface area contributed by atoms with Crippen molar-refractivity contribution >= 4 is 57.3 Å². The van der Waals surface area contributed by atoms with Crippen LogP contribution in [-0.4, -0.2) is 30.9 Å². The van der Waals surface area contributed by atoms with Gasteiger partial charge in [0.1, 0.15) is 0 Å². The summed E-state index contributed by atoms with van der Waals surface area (Å²) in [6.07, 6.45) is 1.65. The number of nitrogens with one attached hydrogen (secondary N) is 1. The molecule has 0 aliphatic carbocycles. The molecule has 10 heteroatoms. The van der Waals surface area contributed by atoms with Crippen LogP contribution >= 0.6 is 46.3 Å². The second-order valence-corrected chi connectivity index (χ2v) is 9.57. The summed E-state index contributed by atoms with van der Waals surface area (Å²) >= 11 is 15.1. The summed E-state index contributed by atoms with van der Waals surface area (Å²) in [5.74, 6) is 0.884. The van der Waals surface area contributed by atoms with E-state index in [9.17, 15) is 4.79 Å². The smallest absolute Gasteiger partial charge is 0.239 e. The van der Waals surface area contributed by atoms with Crippen LogP contribution in [0.5, 0.6) is 0 Å². The molecule has 0 fully saturated rings. The Morgan fingerprint density at radius 3 is 2.71 bits per heavy atom. The molecule has 0 bridgehead atoms. The zero-order chi connectivity index (χ0) is 20.3. The fraction of sp³-hybridized carbons (Fsp3) is 0.333. The standard InChI is InChI=1S/C18H19Cl2N5OS2/c1-10(2)9-25-15(13-5-4-12(19)8-14(13)20)23-24-18(25)28-11(3)16(26)22-17-21-6-7-27-17/h4-8,10-11H,9H2,1-3H3,(H,21,22,26)/t11-/m0/s1. The van der Waals surface area contributed by atoms with Crippen LogP contribution in [0.25, 0.3) is 11.4 Å². The monoisotopic (exact) mass is 455 g/mol. The number of carbonyl (C=O) groups excluding carboxylic acids is 1. The Labute approximate surface area is 181 Å². The van der Waals surface area contributed by atoms with Crippen LogP contribution in [-0.2, 0) is 11.3 Å². The highest BCUT2D eigenvalue weighted by molar-refractivity contribution is 8.00. The van der Waals surface area contributed by atoms with Gasteiger partial charge in [-0.15, -0.1) is 21.5 Å². The van der Waals surface area contributed by atoms with Gasteiger partial charge in [0.15, 0.2) is 16.1 Å². The SMILES string of the molecule is CC(C)Cn1c(S[C@@H](C)C(=O)Nc2nccs2)nnc1-c1ccc(Cl)cc1Cl. The van der Waals surface area contributed by atoms with Crippen LogP contribution in [0, 0.1) is 5.92 Å². The molecule has 1 amide bonds. The number of benzene rings is 1. The molecule has 2 aromatic heterocycles. The molecular formula is C18H19Cl2N5OS2. The highest BCUT2D eigenvalue weighted by Gasteiger charge is 2.22. The number of thiazole rings is 1. The summed E-state index contributed by atoms with van der Waals surface area (Å²) in [6.45, 7) is 6.75. The first-order valence-electron chi connectivity index (χ1n) is 8.60. The lowest BCUT2D eigenvalue weighted by atomic mass is 10.2. The zero-order valence-corrected chi connectivity index (χ0v) is 18.7. The quantitative estimate of drug-likeness (QED) is 0.477. The molecule has 6 nitrogen and oxygen atoms in total. The molecule has 2 heterocycles. The van der Waals surface area contributed by atoms with Crippen molar-refractivity contribution < 1.29 is 4.79 Å². The summed E-state index contributed by atoms with van der Waals surface area (Å²) < 4.78 is 2.00. The van der Waals surface area contributed by atoms with Crippen molar-refractivity contribution in [1.82, 2.24) is 19.7 Å². The Kier molecular flexibility index (Phi) is 6.98. The third-order valence-electron chi connectivity index (χ3n) is 3.75. The second-order valence-electron chi connectivity index (χ2n) is 6.52. The number of halogens is 2. The topological polar surface area (TPSA) is 72.7 Å². The molecule has 3 aromatic rings. The number of amides is 1. The fourth-order valence-electron chi connectivity index (χ4n) is 2.48. The third-order valence-corrected chi connectivity index (χ3v) is 6.07. The number of nitrogens with zero attached hydrogens (tertiary/aromatic N) is 4. The summed E-state index contributed by atoms with van der Waals surface area (Å²) in [7, 11) is 0. The third kappa shape index (κ3) is 5.05. The van der Waals surface area contributed by atoms with E-state index in [1.807, 2.05) is 22.9 Å². The maximum absolute atomic E-state index is 12.5. The lowest BCUT2D eigenvalue weighted by molar-refractivity contribution is -0.115. The summed E-state index contributed by atoms with van der Waals surface area (Å²) in [5.41, 5.74) is 0.756. The van der Waals surface area contributed by atoms with Crippen molar-refractivity contribution in [3.8, 4) is 11.4 Å². The van der Waals surface area contributed by atoms with E-state index in [1.54, 1.807) is 18.3 Å². The first-order valence-corrected chi connectivity index (χ1v) is 11.1. The Bertz CT molecular complexity index is 959. The molecule has 0 saturated heterocycles. The van der Waals surface area contributed by atoms with Crippen molar-refractivity contribution in [2.75, 3.05) is 5.32 Å². The van der Waals surface area contributed by atoms with Gasteiger partial charge >= 0.3 is 0 Å². The van der Waals surface area contributed by atoms with Crippen molar-refractivity contribution in [3.63, 3.8) is 0 Å². The minimum atomic E-state index is -0.368. The minimum absolute atomic E-state index is 0.134. The van der Waals surface area contributed by atoms with Crippen LogP contribution in [0.3, 0.4) is 0 Å². The van der Waals surface area contributed by atoms with E-state index in [2.05, 4.69) is 34.3 Å². The molecule has 0 saturated carbocycles. The number of carbonyl (C=O) groups is 1. The largest absolute Gasteiger partial charge is 0.302 e. The predicted molar refractivity (Wildman–Crippen MR) is 116 cm³/mol. The minimum Gasteiger partial charge on any atom is -0.302 e. The fourth-order valence-corrected chi connectivity index (χ4v) is 4.36. The molecule has 0 radical (unpaired) electrons. The van der Waals surface area contributed by atoms with Crippen molar-refractivity contribution in [3.05, 3.63) is 39.8 Å². The lowest BCUT2D eigenvalue weighted by Crippen LogP contribution is -2.23. The number of rotatable bonds is 7. The molecule has 1 aromatic carbocycles. The van der Waals surface area contributed by atoms with Gasteiger partial charge in [0, 0.05) is 28.7 Å². The number of thioether (sulfide) groups is 1. The van der Waals surface area contributed by atoms with Gasteiger partial charge in [0.2, 0.25) is 5.91 Å². The Hall–Kier alpha value is -1.61. The first-order chi connectivity index (χ1) is 13.3. The van der Waals surface area contributed by atoms with E-state index in [1.165, 1.54) is 23.1 Å². The van der Waals surface area contributed by atoms with E-state index in [-0.39, 0.29) is 11.2 Å². The van der Waals surface area contributed by atoms with Gasteiger partial charge in [0.25, 0.3) is 0 Å². The Morgan fingerprint density at radius 2 is 2.07 bits per heavy atom. The molecule has 1 atom stereocenters. The average molecular weight is 456 g/mol. The van der Waals surface area contributed by atoms with Gasteiger partial charge < -0.3 is 9.88 Å². The van der Waals surface area contributed by atoms with Gasteiger partial charge in [-0.2, -0.15) is 0 Å². The van der Waals surface area contributed by atoms with E-state index < -0.39 is 0 Å². The van der Waals surface area contributed by atoms with Crippen molar-refractivity contribution in [2.24, 2.45) is 5.92 Å². The van der Waals surface area contributed by atoms with E-state index >= 15 is 0 Å². The zero-order valence-electron chi connectivity index (χ0n) is 15.5. The van der Waals surface area contributed by atoms with Gasteiger partial charge in [-0.25, -0.2) is 4.98 Å². The second kappa shape index (κ2) is 9.26. The normalized spacial score (nSPS) is 12.4. The van der Waals surface area contributed by atoms with Crippen LogP contribution in [0.1, 0.15) is 20.8 Å². The van der Waals surface area contributed by atoms with Crippen LogP contribution in [0.15, 0.2) is 34.9 Å². The predicted octanol–water partition coefficient (Wildman–Crippen LogP) is 5.48. The highest BCUT2D eigenvalue weighted by Crippen LogP contribution is 2.33. The maximum atomic E-state index is 12.5. The summed E-state index contributed by atoms with van der Waals surface area (Å²) in [5, 5.41) is 15.2. The maximum Gasteiger partial charge on any atom is 0.239 e. The van der Waals surface area contributed by atoms with Crippen molar-refractivity contribution in [1.29, 1.82) is 0 Å². The molecule has 28 heavy (non-hydrogen) atoms. The van der Waals surface area contributed by atoms with Crippen LogP contribution in [0.2, 0.25) is 10.0 Å². The Balaban J connectivity index is 1.86. The molecule has 0 spiro atoms. The molecule has 0 unspecified atom stereocenters. The lowest BCUT2D eigenvalue weighted by Gasteiger charge is -2.15. The summed E-state index contributed by atoms with van der Waals surface area (Å²) in [6, 6.07) is 5.29. The first kappa shape index (κ1) is 21.1. The van der Waals surface area contributed by atoms with Gasteiger partial charge in [-0.1, -0.05) is 48.8 Å². The van der Waals surface area contributed by atoms with E-state index in [0.717, 1.165) is 5.56 Å². The number of aromatic nitrogens is 4. The van der Waals surface area contributed by atoms with Crippen molar-refractivity contribution in [2.45, 2.75) is 37.7 Å². The van der Waals surface area contributed by atoms with Gasteiger partial charge in [0.05, 0.1) is 10.3 Å². The van der Waals surface area contributed by atoms with Crippen LogP contribution in [0.4, 0.5) is 5.13 Å². The average Bonchev–Trinajstić information content (AvgIpc) is 3.26. The number of hydrogen-bond acceptors (Lipinski definition) is 6. The van der Waals surface area contributed by atoms with E-state index in [4.69, 9.17) is 23.2 Å². The molecule has 0 aliphatic rings. The molecule has 1 N–H and O–H groups in total. The molecule has 0 aliphatic heterocycles. The molecular weight excluding hydrogens is 437 g/mol. The van der Waals surface area contributed by atoms with Gasteiger partial charge in [-0.3, -0.25) is 4.79 Å². The van der Waals surface area contributed by atoms with Gasteiger partial charge in [-0.05, 0) is 31.0 Å². The van der Waals surface area contributed by atoms with Crippen LogP contribution < -0.4 is 5.32 Å². The highest BCUT2D eigenvalue weighted by atomic mass is 35.5. The number of hydrogen-bond donors (Lipinski definition) is 1. The molecule has 148 valence electrons. The Morgan fingerprint density at radius 1 is 1.29 bits per heavy atom. The van der Waals surface area contributed by atoms with E-state index in [0.29, 0.717) is 38.6 Å².